The number of nitrogens with one attached hydrogen (secondary N) is 1. The fraction of sp³-hybridized carbons (Fsp3) is 0.409. The Labute approximate surface area is 183 Å². The lowest BCUT2D eigenvalue weighted by atomic mass is 9.91. The minimum absolute atomic E-state index is 0. The molecule has 0 aliphatic carbocycles. The zero-order valence-electron chi connectivity index (χ0n) is 18.3. The monoisotopic (exact) mass is 439 g/mol. The van der Waals surface area contributed by atoms with Crippen molar-refractivity contribution in [3.05, 3.63) is 47.1 Å². The molecule has 166 valence electrons. The smallest absolute Gasteiger partial charge is 0.330 e. The molecule has 7 nitrogen and oxygen atoms in total. The van der Waals surface area contributed by atoms with Gasteiger partial charge in [-0.15, -0.1) is 12.4 Å². The Morgan fingerprint density at radius 3 is 2.27 bits per heavy atom. The number of benzene rings is 1. The molecule has 1 aliphatic heterocycles. The molecule has 1 heterocycles. The summed E-state index contributed by atoms with van der Waals surface area (Å²) >= 11 is 0. The number of amides is 1. The van der Waals surface area contributed by atoms with E-state index in [1.807, 2.05) is 27.7 Å². The highest BCUT2D eigenvalue weighted by Gasteiger charge is 2.36. The number of carbonyl (C=O) groups is 3. The van der Waals surface area contributed by atoms with Crippen molar-refractivity contribution in [2.75, 3.05) is 11.9 Å². The summed E-state index contributed by atoms with van der Waals surface area (Å²) in [5, 5.41) is 10.5. The van der Waals surface area contributed by atoms with E-state index >= 15 is 0 Å². The van der Waals surface area contributed by atoms with Crippen molar-refractivity contribution in [2.24, 2.45) is 0 Å². The average molecular weight is 440 g/mol. The third kappa shape index (κ3) is 6.91. The van der Waals surface area contributed by atoms with Gasteiger partial charge >= 0.3 is 11.9 Å². The normalized spacial score (nSPS) is 16.3. The van der Waals surface area contributed by atoms with Gasteiger partial charge in [0.15, 0.2) is 0 Å². The summed E-state index contributed by atoms with van der Waals surface area (Å²) in [6, 6.07) is 0. The lowest BCUT2D eigenvalue weighted by Crippen LogP contribution is -2.27. The quantitative estimate of drug-likeness (QED) is 0.529. The maximum Gasteiger partial charge on any atom is 0.330 e. The first kappa shape index (κ1) is 27.2. The molecule has 1 aromatic carbocycles. The molecule has 0 saturated heterocycles. The number of ether oxygens (including phenoxy) is 2. The van der Waals surface area contributed by atoms with Gasteiger partial charge in [-0.05, 0) is 57.4 Å². The fourth-order valence-electron chi connectivity index (χ4n) is 3.05. The second kappa shape index (κ2) is 11.4. The standard InChI is InChI=1S/C19H25NO4.C3H4O2.ClH/c1-7-23-16(22)8-9-19(6)10-15-13(4)17(20-14(5)21)11(2)12(3)18(15)24-19;1-2-3(4)5;/h8-9H,7,10H2,1-6H3,(H,20,21);2H,1H2,(H,4,5);1H. The molecule has 30 heavy (non-hydrogen) atoms. The minimum Gasteiger partial charge on any atom is -0.483 e. The number of carboxylic acids is 1. The molecule has 8 heteroatoms. The van der Waals surface area contributed by atoms with Crippen LogP contribution in [0.4, 0.5) is 5.69 Å². The van der Waals surface area contributed by atoms with Gasteiger partial charge in [0.05, 0.1) is 6.61 Å². The molecule has 2 rings (SSSR count). The third-order valence-electron chi connectivity index (χ3n) is 4.58. The van der Waals surface area contributed by atoms with Crippen LogP contribution < -0.4 is 10.1 Å². The van der Waals surface area contributed by atoms with Crippen LogP contribution in [0.3, 0.4) is 0 Å². The van der Waals surface area contributed by atoms with Gasteiger partial charge in [0.25, 0.3) is 0 Å². The summed E-state index contributed by atoms with van der Waals surface area (Å²) < 4.78 is 11.1. The van der Waals surface area contributed by atoms with E-state index in [2.05, 4.69) is 11.9 Å². The van der Waals surface area contributed by atoms with Crippen LogP contribution in [0.2, 0.25) is 0 Å². The van der Waals surface area contributed by atoms with Gasteiger partial charge in [0.1, 0.15) is 11.4 Å². The van der Waals surface area contributed by atoms with Crippen LogP contribution in [0.25, 0.3) is 0 Å². The first-order valence-electron chi connectivity index (χ1n) is 9.26. The number of carbonyl (C=O) groups excluding carboxylic acids is 2. The SMILES string of the molecule is C=CC(=O)O.CCOC(=O)C=CC1(C)Cc2c(C)c(NC(C)=O)c(C)c(C)c2O1.Cl. The van der Waals surface area contributed by atoms with Crippen LogP contribution >= 0.6 is 12.4 Å². The lowest BCUT2D eigenvalue weighted by molar-refractivity contribution is -0.137. The van der Waals surface area contributed by atoms with E-state index in [1.165, 1.54) is 13.0 Å². The van der Waals surface area contributed by atoms with Gasteiger partial charge in [-0.1, -0.05) is 6.58 Å². The van der Waals surface area contributed by atoms with E-state index in [0.717, 1.165) is 39.8 Å². The van der Waals surface area contributed by atoms with E-state index in [4.69, 9.17) is 14.6 Å². The van der Waals surface area contributed by atoms with Crippen molar-refractivity contribution >= 4 is 35.9 Å². The number of esters is 1. The zero-order valence-corrected chi connectivity index (χ0v) is 19.1. The van der Waals surface area contributed by atoms with Crippen molar-refractivity contribution in [1.82, 2.24) is 0 Å². The average Bonchev–Trinajstić information content (AvgIpc) is 3.01. The summed E-state index contributed by atoms with van der Waals surface area (Å²) in [6.07, 6.45) is 4.64. The number of fused-ring (bicyclic) bond motifs is 1. The van der Waals surface area contributed by atoms with Gasteiger partial charge in [-0.25, -0.2) is 9.59 Å². The minimum atomic E-state index is -0.981. The van der Waals surface area contributed by atoms with Crippen molar-refractivity contribution in [3.8, 4) is 5.75 Å². The number of carboxylic acid groups (broad SMARTS) is 1. The Morgan fingerprint density at radius 1 is 1.23 bits per heavy atom. The Bertz CT molecular complexity index is 862. The zero-order chi connectivity index (χ0) is 22.4. The van der Waals surface area contributed by atoms with Crippen molar-refractivity contribution in [3.63, 3.8) is 0 Å². The number of halogens is 1. The molecular weight excluding hydrogens is 410 g/mol. The summed E-state index contributed by atoms with van der Waals surface area (Å²) in [6.45, 7) is 14.5. The molecule has 1 aromatic rings. The van der Waals surface area contributed by atoms with Crippen LogP contribution in [0, 0.1) is 20.8 Å². The second-order valence-corrected chi connectivity index (χ2v) is 6.96. The molecule has 2 N–H and O–H groups in total. The molecule has 1 unspecified atom stereocenters. The topological polar surface area (TPSA) is 102 Å². The largest absolute Gasteiger partial charge is 0.483 e. The first-order valence-corrected chi connectivity index (χ1v) is 9.26. The van der Waals surface area contributed by atoms with E-state index < -0.39 is 11.6 Å². The Morgan fingerprint density at radius 2 is 1.80 bits per heavy atom. The number of hydrogen-bond donors (Lipinski definition) is 2. The molecule has 0 fully saturated rings. The predicted molar refractivity (Wildman–Crippen MR) is 119 cm³/mol. The maximum absolute atomic E-state index is 11.6. The van der Waals surface area contributed by atoms with Gasteiger partial charge < -0.3 is 19.9 Å². The first-order chi connectivity index (χ1) is 13.5. The van der Waals surface area contributed by atoms with Crippen molar-refractivity contribution < 1.29 is 29.0 Å². The van der Waals surface area contributed by atoms with Crippen LogP contribution in [0.5, 0.6) is 5.75 Å². The molecule has 1 aliphatic rings. The van der Waals surface area contributed by atoms with Crippen molar-refractivity contribution in [1.29, 1.82) is 0 Å². The summed E-state index contributed by atoms with van der Waals surface area (Å²) in [5.41, 5.74) is 4.33. The molecule has 0 aromatic heterocycles. The molecule has 0 saturated carbocycles. The van der Waals surface area contributed by atoms with E-state index in [9.17, 15) is 14.4 Å². The van der Waals surface area contributed by atoms with Gasteiger partial charge in [-0.2, -0.15) is 0 Å². The highest BCUT2D eigenvalue weighted by molar-refractivity contribution is 5.91. The van der Waals surface area contributed by atoms with Gasteiger partial charge in [0.2, 0.25) is 5.91 Å². The van der Waals surface area contributed by atoms with Gasteiger partial charge in [0, 0.05) is 36.7 Å². The second-order valence-electron chi connectivity index (χ2n) is 6.96. The number of hydrogen-bond acceptors (Lipinski definition) is 5. The maximum atomic E-state index is 11.6. The predicted octanol–water partition coefficient (Wildman–Crippen LogP) is 4.06. The van der Waals surface area contributed by atoms with E-state index in [-0.39, 0.29) is 24.3 Å². The van der Waals surface area contributed by atoms with Crippen molar-refractivity contribution in [2.45, 2.75) is 53.6 Å². The molecule has 1 amide bonds. The van der Waals surface area contributed by atoms with Crippen LogP contribution in [0.15, 0.2) is 24.8 Å². The summed E-state index contributed by atoms with van der Waals surface area (Å²) in [4.78, 5) is 32.3. The molecule has 1 atom stereocenters. The highest BCUT2D eigenvalue weighted by Crippen LogP contribution is 2.44. The van der Waals surface area contributed by atoms with E-state index in [0.29, 0.717) is 13.0 Å². The molecule has 0 radical (unpaired) electrons. The molecule has 0 spiro atoms. The number of aliphatic carboxylic acids is 1. The summed E-state index contributed by atoms with van der Waals surface area (Å²) in [5.74, 6) is -0.605. The molecular formula is C22H30ClNO6. The fourth-order valence-corrected chi connectivity index (χ4v) is 3.05. The Kier molecular flexibility index (Phi) is 10.3. The van der Waals surface area contributed by atoms with Crippen LogP contribution in [-0.2, 0) is 25.5 Å². The Balaban J connectivity index is 0.00000125. The number of anilines is 1. The van der Waals surface area contributed by atoms with Crippen LogP contribution in [0.1, 0.15) is 43.0 Å². The van der Waals surface area contributed by atoms with Crippen LogP contribution in [-0.4, -0.2) is 35.2 Å². The third-order valence-corrected chi connectivity index (χ3v) is 4.58. The highest BCUT2D eigenvalue weighted by atomic mass is 35.5. The number of rotatable bonds is 5. The Hall–Kier alpha value is -2.80. The van der Waals surface area contributed by atoms with E-state index in [1.54, 1.807) is 13.0 Å². The lowest BCUT2D eigenvalue weighted by Gasteiger charge is -2.20. The summed E-state index contributed by atoms with van der Waals surface area (Å²) in [7, 11) is 0. The van der Waals surface area contributed by atoms with Gasteiger partial charge in [-0.3, -0.25) is 4.79 Å². The molecule has 0 bridgehead atoms.